The van der Waals surface area contributed by atoms with Gasteiger partial charge in [0.2, 0.25) is 0 Å². The average Bonchev–Trinajstić information content (AvgIpc) is 2.12. The van der Waals surface area contributed by atoms with E-state index in [1.165, 1.54) is 19.3 Å². The number of anilines is 2. The smallest absolute Gasteiger partial charge is 0.251 e. The topological polar surface area (TPSA) is 81.1 Å². The van der Waals surface area contributed by atoms with Gasteiger partial charge in [-0.1, -0.05) is 6.42 Å². The van der Waals surface area contributed by atoms with Crippen LogP contribution in [0.25, 0.3) is 0 Å². The Kier molecular flexibility index (Phi) is 3.22. The van der Waals surface area contributed by atoms with E-state index in [2.05, 4.69) is 12.2 Å². The number of hydrogen-bond donors (Lipinski definition) is 3. The third-order valence-electron chi connectivity index (χ3n) is 3.46. The number of amides is 1. The zero-order valence-electron chi connectivity index (χ0n) is 10.1. The molecule has 0 spiro atoms. The van der Waals surface area contributed by atoms with E-state index >= 15 is 0 Å². The highest BCUT2D eigenvalue weighted by atomic mass is 16.1. The fourth-order valence-corrected chi connectivity index (χ4v) is 2.16. The lowest BCUT2D eigenvalue weighted by Crippen LogP contribution is -2.40. The van der Waals surface area contributed by atoms with E-state index in [0.29, 0.717) is 22.9 Å². The molecule has 0 radical (unpaired) electrons. The minimum absolute atomic E-state index is 0.0941. The van der Waals surface area contributed by atoms with Gasteiger partial charge in [0.15, 0.2) is 0 Å². The molecule has 1 aromatic carbocycles. The zero-order valence-corrected chi connectivity index (χ0v) is 10.1. The second-order valence-corrected chi connectivity index (χ2v) is 4.84. The predicted molar refractivity (Wildman–Crippen MR) is 69.5 cm³/mol. The molecule has 92 valence electrons. The van der Waals surface area contributed by atoms with E-state index in [-0.39, 0.29) is 11.9 Å². The van der Waals surface area contributed by atoms with Gasteiger partial charge in [-0.15, -0.1) is 0 Å². The van der Waals surface area contributed by atoms with Crippen LogP contribution in [0.15, 0.2) is 18.2 Å². The van der Waals surface area contributed by atoms with Crippen LogP contribution in [0.1, 0.15) is 36.5 Å². The van der Waals surface area contributed by atoms with E-state index in [1.54, 1.807) is 18.2 Å². The fourth-order valence-electron chi connectivity index (χ4n) is 2.16. The van der Waals surface area contributed by atoms with Crippen LogP contribution in [0.3, 0.4) is 0 Å². The second kappa shape index (κ2) is 4.65. The summed E-state index contributed by atoms with van der Waals surface area (Å²) < 4.78 is 0. The van der Waals surface area contributed by atoms with Crippen LogP contribution in [-0.4, -0.2) is 11.9 Å². The normalized spacial score (nSPS) is 17.2. The van der Waals surface area contributed by atoms with Gasteiger partial charge in [0.25, 0.3) is 5.91 Å². The molecule has 5 N–H and O–H groups in total. The van der Waals surface area contributed by atoms with Gasteiger partial charge in [-0.2, -0.15) is 0 Å². The molecule has 0 saturated heterocycles. The van der Waals surface area contributed by atoms with Crippen LogP contribution in [0.5, 0.6) is 0 Å². The summed E-state index contributed by atoms with van der Waals surface area (Å²) in [5.74, 6) is 0.528. The van der Waals surface area contributed by atoms with Gasteiger partial charge < -0.3 is 16.8 Å². The van der Waals surface area contributed by atoms with Crippen molar-refractivity contribution in [1.82, 2.24) is 5.32 Å². The summed E-state index contributed by atoms with van der Waals surface area (Å²) >= 11 is 0. The highest BCUT2D eigenvalue weighted by molar-refractivity contribution is 5.96. The number of benzene rings is 1. The summed E-state index contributed by atoms with van der Waals surface area (Å²) in [6, 6.07) is 5.17. The van der Waals surface area contributed by atoms with Gasteiger partial charge in [-0.25, -0.2) is 0 Å². The molecule has 1 amide bonds. The molecule has 4 nitrogen and oxygen atoms in total. The number of hydrogen-bond acceptors (Lipinski definition) is 3. The Morgan fingerprint density at radius 3 is 2.35 bits per heavy atom. The Bertz CT molecular complexity index is 406. The van der Waals surface area contributed by atoms with Crippen LogP contribution < -0.4 is 16.8 Å². The highest BCUT2D eigenvalue weighted by Gasteiger charge is 2.25. The quantitative estimate of drug-likeness (QED) is 0.696. The van der Waals surface area contributed by atoms with Gasteiger partial charge in [-0.05, 0) is 43.9 Å². The summed E-state index contributed by atoms with van der Waals surface area (Å²) in [7, 11) is 0. The van der Waals surface area contributed by atoms with Crippen molar-refractivity contribution < 1.29 is 4.79 Å². The average molecular weight is 233 g/mol. The van der Waals surface area contributed by atoms with Crippen LogP contribution in [0.4, 0.5) is 11.4 Å². The van der Waals surface area contributed by atoms with Crippen molar-refractivity contribution in [2.45, 2.75) is 32.2 Å². The third-order valence-corrected chi connectivity index (χ3v) is 3.46. The molecule has 1 aromatic rings. The summed E-state index contributed by atoms with van der Waals surface area (Å²) in [5.41, 5.74) is 12.9. The number of rotatable bonds is 3. The van der Waals surface area contributed by atoms with Gasteiger partial charge in [-0.3, -0.25) is 4.79 Å². The van der Waals surface area contributed by atoms with Crippen molar-refractivity contribution >= 4 is 17.3 Å². The molecule has 0 bridgehead atoms. The summed E-state index contributed by atoms with van der Waals surface area (Å²) in [6.07, 6.45) is 3.69. The number of nitrogens with one attached hydrogen (secondary N) is 1. The Hall–Kier alpha value is -1.71. The van der Waals surface area contributed by atoms with Crippen molar-refractivity contribution in [1.29, 1.82) is 0 Å². The molecule has 0 aromatic heterocycles. The molecule has 1 atom stereocenters. The second-order valence-electron chi connectivity index (χ2n) is 4.84. The summed E-state index contributed by atoms with van der Waals surface area (Å²) in [5, 5.41) is 3.00. The first-order valence-electron chi connectivity index (χ1n) is 6.03. The van der Waals surface area contributed by atoms with E-state index in [1.807, 2.05) is 0 Å². The Balaban J connectivity index is 2.03. The standard InChI is InChI=1S/C13H19N3O/c1-8(9-3-2-4-9)16-13(17)10-5-11(14)7-12(15)6-10/h5-9H,2-4,14-15H2,1H3,(H,16,17). The van der Waals surface area contributed by atoms with Crippen molar-refractivity contribution in [3.8, 4) is 0 Å². The maximum Gasteiger partial charge on any atom is 0.251 e. The van der Waals surface area contributed by atoms with Crippen LogP contribution in [0.2, 0.25) is 0 Å². The number of carbonyl (C=O) groups is 1. The Morgan fingerprint density at radius 2 is 1.88 bits per heavy atom. The third kappa shape index (κ3) is 2.70. The van der Waals surface area contributed by atoms with E-state index < -0.39 is 0 Å². The first-order valence-corrected chi connectivity index (χ1v) is 6.03. The highest BCUT2D eigenvalue weighted by Crippen LogP contribution is 2.29. The minimum Gasteiger partial charge on any atom is -0.399 e. The van der Waals surface area contributed by atoms with Crippen LogP contribution in [-0.2, 0) is 0 Å². The number of nitrogen functional groups attached to an aromatic ring is 2. The van der Waals surface area contributed by atoms with E-state index in [4.69, 9.17) is 11.5 Å². The molecular formula is C13H19N3O. The molecule has 1 saturated carbocycles. The van der Waals surface area contributed by atoms with E-state index in [0.717, 1.165) is 0 Å². The molecule has 1 unspecified atom stereocenters. The first kappa shape index (κ1) is 11.8. The number of nitrogens with two attached hydrogens (primary N) is 2. The lowest BCUT2D eigenvalue weighted by molar-refractivity contribution is 0.0909. The van der Waals surface area contributed by atoms with Gasteiger partial charge in [0, 0.05) is 23.0 Å². The predicted octanol–water partition coefficient (Wildman–Crippen LogP) is 1.77. The maximum absolute atomic E-state index is 12.0. The summed E-state index contributed by atoms with van der Waals surface area (Å²) in [6.45, 7) is 2.05. The molecule has 1 aliphatic carbocycles. The van der Waals surface area contributed by atoms with Crippen LogP contribution >= 0.6 is 0 Å². The van der Waals surface area contributed by atoms with Crippen molar-refractivity contribution in [2.24, 2.45) is 5.92 Å². The Labute approximate surface area is 101 Å². The minimum atomic E-state index is -0.0941. The number of carbonyl (C=O) groups excluding carboxylic acids is 1. The molecule has 0 heterocycles. The molecule has 17 heavy (non-hydrogen) atoms. The van der Waals surface area contributed by atoms with Crippen LogP contribution in [0, 0.1) is 5.92 Å². The van der Waals surface area contributed by atoms with Gasteiger partial charge in [0.1, 0.15) is 0 Å². The molecule has 0 aliphatic heterocycles. The largest absolute Gasteiger partial charge is 0.399 e. The van der Waals surface area contributed by atoms with Crippen molar-refractivity contribution in [3.05, 3.63) is 23.8 Å². The molecule has 1 fully saturated rings. The summed E-state index contributed by atoms with van der Waals surface area (Å²) in [4.78, 5) is 12.0. The molecule has 1 aliphatic rings. The van der Waals surface area contributed by atoms with E-state index in [9.17, 15) is 4.79 Å². The molecule has 2 rings (SSSR count). The monoisotopic (exact) mass is 233 g/mol. The van der Waals surface area contributed by atoms with Gasteiger partial charge in [0.05, 0.1) is 0 Å². The lowest BCUT2D eigenvalue weighted by atomic mass is 9.80. The SMILES string of the molecule is CC(NC(=O)c1cc(N)cc(N)c1)C1CCC1. The Morgan fingerprint density at radius 1 is 1.29 bits per heavy atom. The fraction of sp³-hybridized carbons (Fsp3) is 0.462. The molecule has 4 heteroatoms. The van der Waals surface area contributed by atoms with Gasteiger partial charge >= 0.3 is 0 Å². The lowest BCUT2D eigenvalue weighted by Gasteiger charge is -2.31. The first-order chi connectivity index (χ1) is 8.06. The molecular weight excluding hydrogens is 214 g/mol. The van der Waals surface area contributed by atoms with Crippen molar-refractivity contribution in [3.63, 3.8) is 0 Å². The van der Waals surface area contributed by atoms with Crippen molar-refractivity contribution in [2.75, 3.05) is 11.5 Å². The zero-order chi connectivity index (χ0) is 12.4. The maximum atomic E-state index is 12.0.